The third kappa shape index (κ3) is 6.35. The number of para-hydroxylation sites is 1. The van der Waals surface area contributed by atoms with Gasteiger partial charge >= 0.3 is 17.8 Å². The van der Waals surface area contributed by atoms with Crippen LogP contribution in [0.15, 0.2) is 71.8 Å². The standard InChI is InChI=1S/C25H22N4O6/c1-15-8-9-16(2)21(14-15)26-23(30)24(31)28-27-17(3)20-6-4-5-7-22(20)35-25(32)18-10-12-19(13-11-18)29(33)34/h4-14H,1-3H3,(H,26,30)(H,28,31)/b27-17+. The molecule has 0 spiro atoms. The van der Waals surface area contributed by atoms with Crippen LogP contribution in [0.4, 0.5) is 11.4 Å². The van der Waals surface area contributed by atoms with E-state index in [-0.39, 0.29) is 22.7 Å². The Morgan fingerprint density at radius 1 is 0.943 bits per heavy atom. The minimum atomic E-state index is -0.967. The zero-order valence-electron chi connectivity index (χ0n) is 19.2. The molecule has 3 rings (SSSR count). The molecule has 178 valence electrons. The lowest BCUT2D eigenvalue weighted by atomic mass is 10.1. The van der Waals surface area contributed by atoms with Crippen molar-refractivity contribution in [2.75, 3.05) is 5.32 Å². The maximum atomic E-state index is 12.5. The zero-order valence-corrected chi connectivity index (χ0v) is 19.2. The van der Waals surface area contributed by atoms with Crippen molar-refractivity contribution in [3.05, 3.63) is 99.1 Å². The Labute approximate surface area is 200 Å². The van der Waals surface area contributed by atoms with Gasteiger partial charge in [-0.05, 0) is 62.2 Å². The van der Waals surface area contributed by atoms with E-state index in [2.05, 4.69) is 15.8 Å². The van der Waals surface area contributed by atoms with Crippen LogP contribution in [-0.2, 0) is 9.59 Å². The van der Waals surface area contributed by atoms with Crippen LogP contribution in [-0.4, -0.2) is 28.4 Å². The summed E-state index contributed by atoms with van der Waals surface area (Å²) in [5, 5.41) is 17.3. The van der Waals surface area contributed by atoms with Gasteiger partial charge in [-0.1, -0.05) is 24.3 Å². The van der Waals surface area contributed by atoms with Gasteiger partial charge in [0, 0.05) is 23.4 Å². The summed E-state index contributed by atoms with van der Waals surface area (Å²) < 4.78 is 5.43. The van der Waals surface area contributed by atoms with Crippen LogP contribution < -0.4 is 15.5 Å². The number of aryl methyl sites for hydroxylation is 2. The van der Waals surface area contributed by atoms with E-state index in [1.807, 2.05) is 26.0 Å². The molecule has 0 atom stereocenters. The first kappa shape index (κ1) is 24.8. The predicted molar refractivity (Wildman–Crippen MR) is 129 cm³/mol. The Balaban J connectivity index is 1.69. The van der Waals surface area contributed by atoms with Gasteiger partial charge in [0.05, 0.1) is 16.2 Å². The van der Waals surface area contributed by atoms with Crippen molar-refractivity contribution in [2.24, 2.45) is 5.10 Å². The third-order valence-corrected chi connectivity index (χ3v) is 4.97. The van der Waals surface area contributed by atoms with Crippen molar-refractivity contribution >= 4 is 34.9 Å². The summed E-state index contributed by atoms with van der Waals surface area (Å²) in [6.07, 6.45) is 0. The normalized spacial score (nSPS) is 10.9. The fraction of sp³-hybridized carbons (Fsp3) is 0.120. The van der Waals surface area contributed by atoms with Crippen LogP contribution in [0.2, 0.25) is 0 Å². The average Bonchev–Trinajstić information content (AvgIpc) is 2.84. The first-order chi connectivity index (χ1) is 16.7. The van der Waals surface area contributed by atoms with E-state index in [0.717, 1.165) is 11.1 Å². The number of nitro benzene ring substituents is 1. The summed E-state index contributed by atoms with van der Waals surface area (Å²) in [5.74, 6) is -2.41. The molecule has 2 N–H and O–H groups in total. The highest BCUT2D eigenvalue weighted by Gasteiger charge is 2.17. The van der Waals surface area contributed by atoms with Gasteiger partial charge in [-0.2, -0.15) is 5.10 Å². The molecule has 10 heteroatoms. The number of non-ortho nitro benzene ring substituents is 1. The molecule has 0 fully saturated rings. The summed E-state index contributed by atoms with van der Waals surface area (Å²) >= 11 is 0. The number of hydrogen-bond donors (Lipinski definition) is 2. The molecule has 0 aliphatic heterocycles. The number of esters is 1. The number of ether oxygens (including phenoxy) is 1. The molecule has 3 aromatic rings. The molecule has 35 heavy (non-hydrogen) atoms. The molecular formula is C25H22N4O6. The largest absolute Gasteiger partial charge is 0.422 e. The Bertz CT molecular complexity index is 1330. The van der Waals surface area contributed by atoms with Gasteiger partial charge in [0.15, 0.2) is 0 Å². The second-order valence-corrected chi connectivity index (χ2v) is 7.60. The number of nitrogens with one attached hydrogen (secondary N) is 2. The van der Waals surface area contributed by atoms with Crippen LogP contribution in [0.25, 0.3) is 0 Å². The Morgan fingerprint density at radius 3 is 2.31 bits per heavy atom. The quantitative estimate of drug-likeness (QED) is 0.139. The molecular weight excluding hydrogens is 452 g/mol. The molecule has 2 amide bonds. The van der Waals surface area contributed by atoms with Gasteiger partial charge in [-0.15, -0.1) is 0 Å². The van der Waals surface area contributed by atoms with Crippen molar-refractivity contribution in [1.29, 1.82) is 0 Å². The lowest BCUT2D eigenvalue weighted by Crippen LogP contribution is -2.33. The zero-order chi connectivity index (χ0) is 25.5. The number of nitrogens with zero attached hydrogens (tertiary/aromatic N) is 2. The van der Waals surface area contributed by atoms with E-state index in [0.29, 0.717) is 11.3 Å². The molecule has 0 unspecified atom stereocenters. The number of hydrogen-bond acceptors (Lipinski definition) is 7. The highest BCUT2D eigenvalue weighted by Crippen LogP contribution is 2.21. The molecule has 0 saturated carbocycles. The summed E-state index contributed by atoms with van der Waals surface area (Å²) in [6.45, 7) is 5.25. The number of carbonyl (C=O) groups excluding carboxylic acids is 3. The molecule has 3 aromatic carbocycles. The van der Waals surface area contributed by atoms with Gasteiger partial charge < -0.3 is 10.1 Å². The fourth-order valence-electron chi connectivity index (χ4n) is 3.03. The number of amides is 2. The minimum Gasteiger partial charge on any atom is -0.422 e. The van der Waals surface area contributed by atoms with Crippen molar-refractivity contribution in [3.63, 3.8) is 0 Å². The molecule has 0 bridgehead atoms. The average molecular weight is 474 g/mol. The Kier molecular flexibility index (Phi) is 7.67. The van der Waals surface area contributed by atoms with E-state index in [9.17, 15) is 24.5 Å². The first-order valence-electron chi connectivity index (χ1n) is 10.4. The van der Waals surface area contributed by atoms with Gasteiger partial charge in [0.1, 0.15) is 5.75 Å². The minimum absolute atomic E-state index is 0.122. The van der Waals surface area contributed by atoms with Crippen molar-refractivity contribution in [2.45, 2.75) is 20.8 Å². The molecule has 0 aromatic heterocycles. The van der Waals surface area contributed by atoms with Crippen molar-refractivity contribution < 1.29 is 24.0 Å². The SMILES string of the molecule is C/C(=N\NC(=O)C(=O)Nc1cc(C)ccc1C)c1ccccc1OC(=O)c1ccc([N+](=O)[O-])cc1. The summed E-state index contributed by atoms with van der Waals surface area (Å²) in [5.41, 5.74) is 5.11. The summed E-state index contributed by atoms with van der Waals surface area (Å²) in [4.78, 5) is 47.2. The number of benzene rings is 3. The van der Waals surface area contributed by atoms with E-state index in [1.165, 1.54) is 30.3 Å². The maximum Gasteiger partial charge on any atom is 0.343 e. The number of nitro groups is 1. The summed E-state index contributed by atoms with van der Waals surface area (Å²) in [7, 11) is 0. The lowest BCUT2D eigenvalue weighted by molar-refractivity contribution is -0.384. The van der Waals surface area contributed by atoms with Crippen LogP contribution in [0, 0.1) is 24.0 Å². The smallest absolute Gasteiger partial charge is 0.343 e. The number of hydrazone groups is 1. The second kappa shape index (κ2) is 10.8. The third-order valence-electron chi connectivity index (χ3n) is 4.97. The van der Waals surface area contributed by atoms with Crippen LogP contribution >= 0.6 is 0 Å². The van der Waals surface area contributed by atoms with E-state index in [1.54, 1.807) is 31.2 Å². The highest BCUT2D eigenvalue weighted by atomic mass is 16.6. The summed E-state index contributed by atoms with van der Waals surface area (Å²) in [6, 6.07) is 17.0. The van der Waals surface area contributed by atoms with Gasteiger partial charge in [-0.3, -0.25) is 19.7 Å². The van der Waals surface area contributed by atoms with Gasteiger partial charge in [0.25, 0.3) is 5.69 Å². The van der Waals surface area contributed by atoms with E-state index >= 15 is 0 Å². The molecule has 0 heterocycles. The predicted octanol–water partition coefficient (Wildman–Crippen LogP) is 3.91. The molecule has 0 saturated heterocycles. The molecule has 0 aliphatic rings. The number of carbonyl (C=O) groups is 3. The topological polar surface area (TPSA) is 140 Å². The van der Waals surface area contributed by atoms with E-state index in [4.69, 9.17) is 4.74 Å². The van der Waals surface area contributed by atoms with Crippen molar-refractivity contribution in [1.82, 2.24) is 5.43 Å². The van der Waals surface area contributed by atoms with Gasteiger partial charge in [-0.25, -0.2) is 10.2 Å². The van der Waals surface area contributed by atoms with Crippen LogP contribution in [0.3, 0.4) is 0 Å². The highest BCUT2D eigenvalue weighted by molar-refractivity contribution is 6.39. The van der Waals surface area contributed by atoms with Crippen LogP contribution in [0.1, 0.15) is 34.0 Å². The maximum absolute atomic E-state index is 12.5. The number of anilines is 1. The second-order valence-electron chi connectivity index (χ2n) is 7.60. The lowest BCUT2D eigenvalue weighted by Gasteiger charge is -2.11. The van der Waals surface area contributed by atoms with Crippen LogP contribution in [0.5, 0.6) is 5.75 Å². The Hall–Kier alpha value is -4.86. The van der Waals surface area contributed by atoms with E-state index < -0.39 is 22.7 Å². The Morgan fingerprint density at radius 2 is 1.63 bits per heavy atom. The monoisotopic (exact) mass is 474 g/mol. The van der Waals surface area contributed by atoms with Crippen molar-refractivity contribution in [3.8, 4) is 5.75 Å². The first-order valence-corrected chi connectivity index (χ1v) is 10.4. The molecule has 10 nitrogen and oxygen atoms in total. The molecule has 0 radical (unpaired) electrons. The molecule has 0 aliphatic carbocycles. The fourth-order valence-corrected chi connectivity index (χ4v) is 3.03. The number of rotatable bonds is 6. The van der Waals surface area contributed by atoms with Gasteiger partial charge in [0.2, 0.25) is 0 Å².